The third kappa shape index (κ3) is 3.16. The molecule has 1 unspecified atom stereocenters. The summed E-state index contributed by atoms with van der Waals surface area (Å²) in [7, 11) is 0. The number of carbonyl (C=O) groups is 1. The molecule has 0 heterocycles. The van der Waals surface area contributed by atoms with Gasteiger partial charge in [-0.1, -0.05) is 18.2 Å². The van der Waals surface area contributed by atoms with E-state index in [1.54, 1.807) is 12.2 Å². The third-order valence-electron chi connectivity index (χ3n) is 1.40. The number of carbonyl (C=O) groups excluding carboxylic acids is 1. The standard InChI is InChI=1S/C9H14N2O/c1-3-5-6-7(9(11)12)8(10)4-2/h3-4,6,8H,1-2,5,10H2,(H2,11,12). The summed E-state index contributed by atoms with van der Waals surface area (Å²) in [4.78, 5) is 10.8. The molecule has 1 atom stereocenters. The first-order valence-electron chi connectivity index (χ1n) is 3.62. The van der Waals surface area contributed by atoms with Crippen LogP contribution in [-0.2, 0) is 4.79 Å². The van der Waals surface area contributed by atoms with Crippen molar-refractivity contribution in [3.05, 3.63) is 37.0 Å². The number of hydrogen-bond acceptors (Lipinski definition) is 2. The maximum Gasteiger partial charge on any atom is 0.246 e. The number of amides is 1. The van der Waals surface area contributed by atoms with Gasteiger partial charge in [0, 0.05) is 5.57 Å². The lowest BCUT2D eigenvalue weighted by molar-refractivity contribution is -0.114. The van der Waals surface area contributed by atoms with Gasteiger partial charge < -0.3 is 11.5 Å². The Bertz CT molecular complexity index is 219. The molecule has 4 N–H and O–H groups in total. The van der Waals surface area contributed by atoms with Crippen LogP contribution in [0.15, 0.2) is 37.0 Å². The molecular formula is C9H14N2O. The van der Waals surface area contributed by atoms with Crippen molar-refractivity contribution in [2.75, 3.05) is 0 Å². The van der Waals surface area contributed by atoms with Gasteiger partial charge >= 0.3 is 0 Å². The first-order chi connectivity index (χ1) is 5.63. The topological polar surface area (TPSA) is 69.1 Å². The van der Waals surface area contributed by atoms with E-state index >= 15 is 0 Å². The summed E-state index contributed by atoms with van der Waals surface area (Å²) >= 11 is 0. The van der Waals surface area contributed by atoms with Gasteiger partial charge in [0.1, 0.15) is 0 Å². The van der Waals surface area contributed by atoms with Crippen LogP contribution in [-0.4, -0.2) is 11.9 Å². The van der Waals surface area contributed by atoms with Crippen LogP contribution in [0.2, 0.25) is 0 Å². The molecule has 0 aliphatic carbocycles. The molecule has 66 valence electrons. The summed E-state index contributed by atoms with van der Waals surface area (Å²) in [5.41, 5.74) is 11.0. The molecule has 0 rings (SSSR count). The minimum Gasteiger partial charge on any atom is -0.366 e. The molecule has 3 heteroatoms. The van der Waals surface area contributed by atoms with Crippen molar-refractivity contribution in [2.45, 2.75) is 12.5 Å². The zero-order valence-corrected chi connectivity index (χ0v) is 6.99. The fraction of sp³-hybridized carbons (Fsp3) is 0.222. The molecular weight excluding hydrogens is 152 g/mol. The minimum atomic E-state index is -0.510. The molecule has 0 saturated carbocycles. The van der Waals surface area contributed by atoms with Crippen LogP contribution in [0.1, 0.15) is 6.42 Å². The van der Waals surface area contributed by atoms with E-state index in [0.717, 1.165) is 0 Å². The first-order valence-corrected chi connectivity index (χ1v) is 3.62. The first kappa shape index (κ1) is 10.7. The lowest BCUT2D eigenvalue weighted by Gasteiger charge is -2.07. The average Bonchev–Trinajstić information content (AvgIpc) is 2.04. The summed E-state index contributed by atoms with van der Waals surface area (Å²) in [6.07, 6.45) is 5.37. The molecule has 12 heavy (non-hydrogen) atoms. The van der Waals surface area contributed by atoms with Gasteiger partial charge in [0.25, 0.3) is 0 Å². The predicted octanol–water partition coefficient (Wildman–Crippen LogP) is 0.487. The number of allylic oxidation sites excluding steroid dienone is 2. The van der Waals surface area contributed by atoms with E-state index in [1.165, 1.54) is 6.08 Å². The second-order valence-corrected chi connectivity index (χ2v) is 2.31. The van der Waals surface area contributed by atoms with Gasteiger partial charge in [-0.3, -0.25) is 4.79 Å². The molecule has 0 aliphatic heterocycles. The quantitative estimate of drug-likeness (QED) is 0.461. The van der Waals surface area contributed by atoms with E-state index in [1.807, 2.05) is 0 Å². The lowest BCUT2D eigenvalue weighted by atomic mass is 10.1. The smallest absolute Gasteiger partial charge is 0.246 e. The van der Waals surface area contributed by atoms with Crippen molar-refractivity contribution in [3.8, 4) is 0 Å². The van der Waals surface area contributed by atoms with Gasteiger partial charge in [0.15, 0.2) is 0 Å². The highest BCUT2D eigenvalue weighted by Gasteiger charge is 2.09. The highest BCUT2D eigenvalue weighted by molar-refractivity contribution is 5.93. The Hall–Kier alpha value is -1.35. The zero-order valence-electron chi connectivity index (χ0n) is 6.99. The monoisotopic (exact) mass is 166 g/mol. The highest BCUT2D eigenvalue weighted by atomic mass is 16.1. The van der Waals surface area contributed by atoms with Gasteiger partial charge in [-0.25, -0.2) is 0 Å². The van der Waals surface area contributed by atoms with Crippen LogP contribution in [0.5, 0.6) is 0 Å². The minimum absolute atomic E-state index is 0.380. The number of rotatable bonds is 5. The van der Waals surface area contributed by atoms with E-state index in [4.69, 9.17) is 11.5 Å². The summed E-state index contributed by atoms with van der Waals surface area (Å²) in [6.45, 7) is 6.99. The van der Waals surface area contributed by atoms with E-state index in [9.17, 15) is 4.79 Å². The highest BCUT2D eigenvalue weighted by Crippen LogP contribution is 2.02. The van der Waals surface area contributed by atoms with Crippen LogP contribution in [0.4, 0.5) is 0 Å². The molecule has 0 aliphatic rings. The molecule has 0 saturated heterocycles. The van der Waals surface area contributed by atoms with E-state index < -0.39 is 11.9 Å². The molecule has 0 bridgehead atoms. The van der Waals surface area contributed by atoms with Crippen molar-refractivity contribution in [1.82, 2.24) is 0 Å². The van der Waals surface area contributed by atoms with Gasteiger partial charge in [-0.15, -0.1) is 13.2 Å². The lowest BCUT2D eigenvalue weighted by Crippen LogP contribution is -2.29. The SMILES string of the molecule is C=CCC=C(C(N)=O)C(N)C=C. The molecule has 0 radical (unpaired) electrons. The van der Waals surface area contributed by atoms with Crippen LogP contribution < -0.4 is 11.5 Å². The summed E-state index contributed by atoms with van der Waals surface area (Å²) in [5, 5.41) is 0. The second kappa shape index (κ2) is 5.32. The number of primary amides is 1. The molecule has 1 amide bonds. The molecule has 0 aromatic rings. The second-order valence-electron chi connectivity index (χ2n) is 2.31. The van der Waals surface area contributed by atoms with Crippen LogP contribution in [0.25, 0.3) is 0 Å². The Morgan fingerprint density at radius 3 is 2.42 bits per heavy atom. The molecule has 0 spiro atoms. The fourth-order valence-corrected chi connectivity index (χ4v) is 0.738. The van der Waals surface area contributed by atoms with Crippen molar-refractivity contribution in [1.29, 1.82) is 0 Å². The van der Waals surface area contributed by atoms with E-state index in [-0.39, 0.29) is 0 Å². The van der Waals surface area contributed by atoms with Crippen LogP contribution >= 0.6 is 0 Å². The van der Waals surface area contributed by atoms with Gasteiger partial charge in [-0.05, 0) is 6.42 Å². The van der Waals surface area contributed by atoms with E-state index in [0.29, 0.717) is 12.0 Å². The fourth-order valence-electron chi connectivity index (χ4n) is 0.738. The van der Waals surface area contributed by atoms with E-state index in [2.05, 4.69) is 13.2 Å². The Morgan fingerprint density at radius 1 is 1.50 bits per heavy atom. The summed E-state index contributed by atoms with van der Waals surface area (Å²) in [6, 6.07) is -0.484. The summed E-state index contributed by atoms with van der Waals surface area (Å²) < 4.78 is 0. The summed E-state index contributed by atoms with van der Waals surface area (Å²) in [5.74, 6) is -0.510. The Balaban J connectivity index is 4.52. The number of nitrogens with two attached hydrogens (primary N) is 2. The van der Waals surface area contributed by atoms with Crippen molar-refractivity contribution in [2.24, 2.45) is 11.5 Å². The van der Waals surface area contributed by atoms with Crippen molar-refractivity contribution in [3.63, 3.8) is 0 Å². The van der Waals surface area contributed by atoms with Crippen LogP contribution in [0, 0.1) is 0 Å². The molecule has 0 aromatic heterocycles. The third-order valence-corrected chi connectivity index (χ3v) is 1.40. The van der Waals surface area contributed by atoms with Crippen molar-refractivity contribution >= 4 is 5.91 Å². The molecule has 0 aromatic carbocycles. The zero-order chi connectivity index (χ0) is 9.56. The maximum absolute atomic E-state index is 10.8. The van der Waals surface area contributed by atoms with Gasteiger partial charge in [-0.2, -0.15) is 0 Å². The average molecular weight is 166 g/mol. The van der Waals surface area contributed by atoms with Crippen molar-refractivity contribution < 1.29 is 4.79 Å². The van der Waals surface area contributed by atoms with Gasteiger partial charge in [0.2, 0.25) is 5.91 Å². The Labute approximate surface area is 72.4 Å². The Kier molecular flexibility index (Phi) is 4.72. The maximum atomic E-state index is 10.8. The van der Waals surface area contributed by atoms with Crippen LogP contribution in [0.3, 0.4) is 0 Å². The molecule has 0 fully saturated rings. The largest absolute Gasteiger partial charge is 0.366 e. The van der Waals surface area contributed by atoms with Gasteiger partial charge in [0.05, 0.1) is 6.04 Å². The normalized spacial score (nSPS) is 13.6. The number of hydrogen-bond donors (Lipinski definition) is 2. The molecule has 3 nitrogen and oxygen atoms in total. The Morgan fingerprint density at radius 2 is 2.08 bits per heavy atom. The predicted molar refractivity (Wildman–Crippen MR) is 50.3 cm³/mol.